The third kappa shape index (κ3) is 6.93. The summed E-state index contributed by atoms with van der Waals surface area (Å²) in [5.74, 6) is -1.70. The van der Waals surface area contributed by atoms with Crippen molar-refractivity contribution in [2.24, 2.45) is 28.1 Å². The largest absolute Gasteiger partial charge is 0.480 e. The highest BCUT2D eigenvalue weighted by Crippen LogP contribution is 2.08. The quantitative estimate of drug-likeness (QED) is 0.207. The molecule has 3 unspecified atom stereocenters. The van der Waals surface area contributed by atoms with Gasteiger partial charge in [0, 0.05) is 6.54 Å². The third-order valence-electron chi connectivity index (χ3n) is 3.08. The van der Waals surface area contributed by atoms with Crippen LogP contribution in [-0.4, -0.2) is 41.6 Å². The lowest BCUT2D eigenvalue weighted by Gasteiger charge is -2.22. The molecule has 0 aromatic heterocycles. The predicted molar refractivity (Wildman–Crippen MR) is 76.9 cm³/mol. The van der Waals surface area contributed by atoms with Gasteiger partial charge in [0.15, 0.2) is 5.96 Å². The molecule has 0 aliphatic carbocycles. The first-order valence-corrected chi connectivity index (χ1v) is 6.63. The second kappa shape index (κ2) is 9.13. The number of carboxylic acids is 1. The Balaban J connectivity index is 4.29. The number of guanidine groups is 1. The summed E-state index contributed by atoms with van der Waals surface area (Å²) in [6.45, 7) is 4.02. The third-order valence-corrected chi connectivity index (χ3v) is 3.08. The average Bonchev–Trinajstić information content (AvgIpc) is 2.38. The maximum atomic E-state index is 11.8. The molecule has 116 valence electrons. The topological polar surface area (TPSA) is 157 Å². The van der Waals surface area contributed by atoms with Gasteiger partial charge in [0.1, 0.15) is 6.04 Å². The van der Waals surface area contributed by atoms with Gasteiger partial charge in [-0.25, -0.2) is 4.79 Å². The molecule has 1 amide bonds. The molecule has 0 radical (unpaired) electrons. The van der Waals surface area contributed by atoms with E-state index in [1.54, 1.807) is 6.92 Å². The number of rotatable bonds is 9. The Hall–Kier alpha value is -1.83. The normalized spacial score (nSPS) is 14.9. The molecule has 0 aromatic rings. The van der Waals surface area contributed by atoms with Crippen LogP contribution in [0.4, 0.5) is 0 Å². The number of carbonyl (C=O) groups is 2. The minimum Gasteiger partial charge on any atom is -0.480 e. The lowest BCUT2D eigenvalue weighted by atomic mass is 9.98. The molecule has 0 rings (SSSR count). The smallest absolute Gasteiger partial charge is 0.326 e. The van der Waals surface area contributed by atoms with Crippen LogP contribution >= 0.6 is 0 Å². The van der Waals surface area contributed by atoms with E-state index in [2.05, 4.69) is 10.3 Å². The van der Waals surface area contributed by atoms with Gasteiger partial charge in [0.25, 0.3) is 0 Å². The summed E-state index contributed by atoms with van der Waals surface area (Å²) in [4.78, 5) is 26.7. The fourth-order valence-corrected chi connectivity index (χ4v) is 1.59. The minimum absolute atomic E-state index is 0.00858. The van der Waals surface area contributed by atoms with Crippen LogP contribution in [-0.2, 0) is 9.59 Å². The summed E-state index contributed by atoms with van der Waals surface area (Å²) in [5.41, 5.74) is 16.0. The van der Waals surface area contributed by atoms with Crippen LogP contribution in [0.3, 0.4) is 0 Å². The standard InChI is InChI=1S/C12H25N5O3/c1-3-7(2)9(11(19)20)17-10(18)8(13)5-4-6-16-12(14)15/h7-9H,3-6,13H2,1-2H3,(H,17,18)(H,19,20)(H4,14,15,16). The van der Waals surface area contributed by atoms with Crippen molar-refractivity contribution in [3.8, 4) is 0 Å². The fourth-order valence-electron chi connectivity index (χ4n) is 1.59. The second-order valence-corrected chi connectivity index (χ2v) is 4.77. The fraction of sp³-hybridized carbons (Fsp3) is 0.750. The summed E-state index contributed by atoms with van der Waals surface area (Å²) in [7, 11) is 0. The number of nitrogens with two attached hydrogens (primary N) is 3. The van der Waals surface area contributed by atoms with Crippen LogP contribution in [0.15, 0.2) is 4.99 Å². The van der Waals surface area contributed by atoms with Crippen molar-refractivity contribution >= 4 is 17.8 Å². The molecule has 0 aliphatic heterocycles. The Morgan fingerprint density at radius 1 is 1.35 bits per heavy atom. The number of carboxylic acid groups (broad SMARTS) is 1. The van der Waals surface area contributed by atoms with Crippen LogP contribution in [0.1, 0.15) is 33.1 Å². The molecule has 20 heavy (non-hydrogen) atoms. The number of amides is 1. The first kappa shape index (κ1) is 18.2. The monoisotopic (exact) mass is 287 g/mol. The number of hydrogen-bond acceptors (Lipinski definition) is 4. The number of nitrogens with one attached hydrogen (secondary N) is 1. The molecule has 0 fully saturated rings. The van der Waals surface area contributed by atoms with Crippen molar-refractivity contribution in [2.45, 2.75) is 45.2 Å². The van der Waals surface area contributed by atoms with Gasteiger partial charge >= 0.3 is 5.97 Å². The molecule has 3 atom stereocenters. The van der Waals surface area contributed by atoms with Crippen LogP contribution in [0.2, 0.25) is 0 Å². The maximum Gasteiger partial charge on any atom is 0.326 e. The molecule has 0 aromatic carbocycles. The van der Waals surface area contributed by atoms with Gasteiger partial charge < -0.3 is 27.6 Å². The molecule has 0 spiro atoms. The number of hydrogen-bond donors (Lipinski definition) is 5. The Labute approximate surface area is 118 Å². The van der Waals surface area contributed by atoms with Crippen molar-refractivity contribution in [1.29, 1.82) is 0 Å². The zero-order chi connectivity index (χ0) is 15.7. The molecule has 0 heterocycles. The van der Waals surface area contributed by atoms with Crippen LogP contribution in [0, 0.1) is 5.92 Å². The number of aliphatic imine (C=N–C) groups is 1. The predicted octanol–water partition coefficient (Wildman–Crippen LogP) is -1.02. The van der Waals surface area contributed by atoms with E-state index >= 15 is 0 Å². The zero-order valence-electron chi connectivity index (χ0n) is 12.0. The molecule has 0 saturated carbocycles. The summed E-state index contributed by atoms with van der Waals surface area (Å²) in [6, 6.07) is -1.69. The zero-order valence-corrected chi connectivity index (χ0v) is 12.0. The second-order valence-electron chi connectivity index (χ2n) is 4.77. The van der Waals surface area contributed by atoms with E-state index < -0.39 is 24.0 Å². The lowest BCUT2D eigenvalue weighted by Crippen LogP contribution is -2.51. The van der Waals surface area contributed by atoms with Gasteiger partial charge in [-0.2, -0.15) is 0 Å². The highest BCUT2D eigenvalue weighted by Gasteiger charge is 2.27. The van der Waals surface area contributed by atoms with Crippen LogP contribution in [0.5, 0.6) is 0 Å². The summed E-state index contributed by atoms with van der Waals surface area (Å²) in [5, 5.41) is 11.5. The number of carbonyl (C=O) groups excluding carboxylic acids is 1. The lowest BCUT2D eigenvalue weighted by molar-refractivity contribution is -0.143. The van der Waals surface area contributed by atoms with E-state index in [0.717, 1.165) is 0 Å². The molecule has 8 heteroatoms. The molecular weight excluding hydrogens is 262 g/mol. The average molecular weight is 287 g/mol. The van der Waals surface area contributed by atoms with E-state index in [1.165, 1.54) is 0 Å². The summed E-state index contributed by atoms with van der Waals surface area (Å²) < 4.78 is 0. The van der Waals surface area contributed by atoms with Gasteiger partial charge in [-0.15, -0.1) is 0 Å². The van der Waals surface area contributed by atoms with Crippen molar-refractivity contribution in [2.75, 3.05) is 6.54 Å². The van der Waals surface area contributed by atoms with Crippen LogP contribution < -0.4 is 22.5 Å². The molecule has 8 N–H and O–H groups in total. The first-order valence-electron chi connectivity index (χ1n) is 6.63. The molecular formula is C12H25N5O3. The van der Waals surface area contributed by atoms with Crippen molar-refractivity contribution in [1.82, 2.24) is 5.32 Å². The van der Waals surface area contributed by atoms with Gasteiger partial charge in [-0.1, -0.05) is 20.3 Å². The van der Waals surface area contributed by atoms with Gasteiger partial charge in [0.2, 0.25) is 5.91 Å². The minimum atomic E-state index is -1.06. The SMILES string of the molecule is CCC(C)C(NC(=O)C(N)CCCN=C(N)N)C(=O)O. The number of aliphatic carboxylic acids is 1. The van der Waals surface area contributed by atoms with E-state index in [4.69, 9.17) is 22.3 Å². The highest BCUT2D eigenvalue weighted by atomic mass is 16.4. The number of nitrogens with zero attached hydrogens (tertiary/aromatic N) is 1. The highest BCUT2D eigenvalue weighted by molar-refractivity contribution is 5.86. The summed E-state index contributed by atoms with van der Waals surface area (Å²) >= 11 is 0. The first-order chi connectivity index (χ1) is 9.29. The van der Waals surface area contributed by atoms with E-state index in [1.807, 2.05) is 6.92 Å². The van der Waals surface area contributed by atoms with Crippen molar-refractivity contribution in [3.63, 3.8) is 0 Å². The molecule has 0 aliphatic rings. The van der Waals surface area contributed by atoms with E-state index in [9.17, 15) is 9.59 Å². The molecule has 8 nitrogen and oxygen atoms in total. The summed E-state index contributed by atoms with van der Waals surface area (Å²) in [6.07, 6.45) is 1.58. The van der Waals surface area contributed by atoms with Crippen LogP contribution in [0.25, 0.3) is 0 Å². The van der Waals surface area contributed by atoms with Gasteiger partial charge in [-0.05, 0) is 18.8 Å². The van der Waals surface area contributed by atoms with E-state index in [-0.39, 0.29) is 11.9 Å². The van der Waals surface area contributed by atoms with Gasteiger partial charge in [0.05, 0.1) is 6.04 Å². The Morgan fingerprint density at radius 2 is 1.95 bits per heavy atom. The molecule has 0 saturated heterocycles. The Bertz CT molecular complexity index is 355. The van der Waals surface area contributed by atoms with E-state index in [0.29, 0.717) is 25.8 Å². The van der Waals surface area contributed by atoms with Gasteiger partial charge in [-0.3, -0.25) is 9.79 Å². The Morgan fingerprint density at radius 3 is 2.40 bits per heavy atom. The van der Waals surface area contributed by atoms with Crippen molar-refractivity contribution in [3.05, 3.63) is 0 Å². The Kier molecular flexibility index (Phi) is 8.30. The molecule has 0 bridgehead atoms. The van der Waals surface area contributed by atoms with Crippen molar-refractivity contribution < 1.29 is 14.7 Å². The maximum absolute atomic E-state index is 11.8.